The molecule has 1 aromatic heterocycles. The Balaban J connectivity index is 1.58. The number of amides is 1. The number of anilines is 1. The Morgan fingerprint density at radius 1 is 1.28 bits per heavy atom. The summed E-state index contributed by atoms with van der Waals surface area (Å²) in [7, 11) is 0. The first-order valence-corrected chi connectivity index (χ1v) is 10.8. The fourth-order valence-electron chi connectivity index (χ4n) is 3.54. The number of thiophene rings is 1. The highest BCUT2D eigenvalue weighted by atomic mass is 32.1. The second-order valence-corrected chi connectivity index (χ2v) is 8.46. The van der Waals surface area contributed by atoms with E-state index in [1.165, 1.54) is 11.3 Å². The molecule has 6 nitrogen and oxygen atoms in total. The van der Waals surface area contributed by atoms with Crippen molar-refractivity contribution in [2.45, 2.75) is 57.8 Å². The predicted molar refractivity (Wildman–Crippen MR) is 112 cm³/mol. The minimum atomic E-state index is -0.933. The van der Waals surface area contributed by atoms with Crippen LogP contribution >= 0.6 is 11.3 Å². The quantitative estimate of drug-likeness (QED) is 0.599. The summed E-state index contributed by atoms with van der Waals surface area (Å²) in [4.78, 5) is 26.3. The Kier molecular flexibility index (Phi) is 7.41. The van der Waals surface area contributed by atoms with Crippen LogP contribution in [-0.2, 0) is 16.1 Å². The zero-order valence-electron chi connectivity index (χ0n) is 16.5. The van der Waals surface area contributed by atoms with E-state index >= 15 is 0 Å². The van der Waals surface area contributed by atoms with Crippen molar-refractivity contribution < 1.29 is 24.5 Å². The van der Waals surface area contributed by atoms with E-state index in [0.717, 1.165) is 41.8 Å². The first-order valence-electron chi connectivity index (χ1n) is 9.99. The number of carbonyl (C=O) groups excluding carboxylic acids is 1. The molecule has 1 fully saturated rings. The van der Waals surface area contributed by atoms with Crippen molar-refractivity contribution in [3.63, 3.8) is 0 Å². The predicted octanol–water partition coefficient (Wildman–Crippen LogP) is 4.38. The van der Waals surface area contributed by atoms with Crippen molar-refractivity contribution in [1.29, 1.82) is 0 Å². The molecule has 1 unspecified atom stereocenters. The van der Waals surface area contributed by atoms with E-state index in [2.05, 4.69) is 6.92 Å². The maximum absolute atomic E-state index is 12.4. The summed E-state index contributed by atoms with van der Waals surface area (Å²) >= 11 is 1.20. The van der Waals surface area contributed by atoms with Crippen LogP contribution in [0, 0.1) is 0 Å². The molecule has 0 bridgehead atoms. The first kappa shape index (κ1) is 21.5. The molecule has 2 aromatic rings. The van der Waals surface area contributed by atoms with Crippen molar-refractivity contribution in [1.82, 2.24) is 0 Å². The third-order valence-corrected chi connectivity index (χ3v) is 6.19. The summed E-state index contributed by atoms with van der Waals surface area (Å²) in [5.74, 6) is -0.862. The number of aliphatic hydroxyl groups is 1. The molecule has 0 saturated carbocycles. The van der Waals surface area contributed by atoms with E-state index in [0.29, 0.717) is 24.5 Å². The lowest BCUT2D eigenvalue weighted by Gasteiger charge is -2.25. The number of carboxylic acids is 1. The molecule has 3 rings (SSSR count). The van der Waals surface area contributed by atoms with Crippen LogP contribution in [0.2, 0.25) is 0 Å². The van der Waals surface area contributed by atoms with E-state index in [9.17, 15) is 14.7 Å². The third kappa shape index (κ3) is 5.44. The number of aliphatic hydroxyl groups excluding tert-OH is 1. The summed E-state index contributed by atoms with van der Waals surface area (Å²) in [6, 6.07) is 10.8. The van der Waals surface area contributed by atoms with Gasteiger partial charge in [0.1, 0.15) is 4.88 Å². The minimum Gasteiger partial charge on any atom is -0.477 e. The SMILES string of the molecule is CCCC[C@H](O)c1ccc(N2C(=O)CCC2COCc2ccc(C(=O)O)s2)cc1. The summed E-state index contributed by atoms with van der Waals surface area (Å²) in [5, 5.41) is 19.2. The molecular formula is C22H27NO5S. The Bertz CT molecular complexity index is 832. The minimum absolute atomic E-state index is 0.0442. The van der Waals surface area contributed by atoms with Gasteiger partial charge in [-0.25, -0.2) is 4.79 Å². The number of nitrogens with zero attached hydrogens (tertiary/aromatic N) is 1. The topological polar surface area (TPSA) is 87.1 Å². The fourth-order valence-corrected chi connectivity index (χ4v) is 4.33. The number of ether oxygens (including phenoxy) is 1. The van der Waals surface area contributed by atoms with Gasteiger partial charge < -0.3 is 19.8 Å². The van der Waals surface area contributed by atoms with Gasteiger partial charge in [-0.05, 0) is 42.7 Å². The number of benzene rings is 1. The second kappa shape index (κ2) is 10.0. The summed E-state index contributed by atoms with van der Waals surface area (Å²) < 4.78 is 5.79. The van der Waals surface area contributed by atoms with E-state index in [1.807, 2.05) is 24.3 Å². The summed E-state index contributed by atoms with van der Waals surface area (Å²) in [6.45, 7) is 2.83. The van der Waals surface area contributed by atoms with Crippen molar-refractivity contribution in [3.8, 4) is 0 Å². The lowest BCUT2D eigenvalue weighted by Crippen LogP contribution is -2.36. The van der Waals surface area contributed by atoms with Gasteiger partial charge in [0.15, 0.2) is 0 Å². The highest BCUT2D eigenvalue weighted by molar-refractivity contribution is 7.13. The summed E-state index contributed by atoms with van der Waals surface area (Å²) in [6.07, 6.45) is 3.50. The number of hydrogen-bond acceptors (Lipinski definition) is 5. The Morgan fingerprint density at radius 2 is 2.03 bits per heavy atom. The van der Waals surface area contributed by atoms with Gasteiger partial charge >= 0.3 is 5.97 Å². The molecule has 156 valence electrons. The molecule has 1 aliphatic rings. The van der Waals surface area contributed by atoms with Crippen LogP contribution in [0.4, 0.5) is 5.69 Å². The van der Waals surface area contributed by atoms with E-state index in [-0.39, 0.29) is 11.9 Å². The molecule has 1 saturated heterocycles. The molecule has 2 N–H and O–H groups in total. The van der Waals surface area contributed by atoms with Gasteiger partial charge in [-0.3, -0.25) is 4.79 Å². The van der Waals surface area contributed by atoms with Crippen LogP contribution in [0.15, 0.2) is 36.4 Å². The second-order valence-electron chi connectivity index (χ2n) is 7.29. The van der Waals surface area contributed by atoms with Gasteiger partial charge in [0, 0.05) is 17.0 Å². The summed E-state index contributed by atoms with van der Waals surface area (Å²) in [5.41, 5.74) is 1.69. The Hall–Kier alpha value is -2.22. The van der Waals surface area contributed by atoms with Crippen LogP contribution in [0.3, 0.4) is 0 Å². The standard InChI is InChI=1S/C22H27NO5S/c1-2-3-4-19(24)15-5-7-16(8-6-15)23-17(9-12-21(23)25)13-28-14-18-10-11-20(29-18)22(26)27/h5-8,10-11,17,19,24H,2-4,9,12-14H2,1H3,(H,26,27)/t17?,19-/m0/s1. The highest BCUT2D eigenvalue weighted by Gasteiger charge is 2.32. The van der Waals surface area contributed by atoms with Crippen molar-refractivity contribution in [3.05, 3.63) is 51.7 Å². The van der Waals surface area contributed by atoms with Crippen molar-refractivity contribution >= 4 is 28.9 Å². The molecule has 1 aromatic carbocycles. The average Bonchev–Trinajstić information content (AvgIpc) is 3.33. The van der Waals surface area contributed by atoms with Crippen molar-refractivity contribution in [2.24, 2.45) is 0 Å². The van der Waals surface area contributed by atoms with Gasteiger partial charge in [0.25, 0.3) is 0 Å². The average molecular weight is 418 g/mol. The first-order chi connectivity index (χ1) is 14.0. The lowest BCUT2D eigenvalue weighted by atomic mass is 10.0. The molecule has 0 aliphatic carbocycles. The number of carboxylic acid groups (broad SMARTS) is 1. The monoisotopic (exact) mass is 417 g/mol. The number of unbranched alkanes of at least 4 members (excludes halogenated alkanes) is 1. The van der Waals surface area contributed by atoms with Gasteiger partial charge in [-0.2, -0.15) is 0 Å². The molecule has 2 atom stereocenters. The molecule has 0 radical (unpaired) electrons. The van der Waals surface area contributed by atoms with Crippen LogP contribution in [0.1, 0.15) is 65.2 Å². The number of carbonyl (C=O) groups is 2. The molecule has 0 spiro atoms. The van der Waals surface area contributed by atoms with Crippen LogP contribution in [0.25, 0.3) is 0 Å². The third-order valence-electron chi connectivity index (χ3n) is 5.14. The molecule has 1 amide bonds. The zero-order chi connectivity index (χ0) is 20.8. The lowest BCUT2D eigenvalue weighted by molar-refractivity contribution is -0.117. The van der Waals surface area contributed by atoms with E-state index in [4.69, 9.17) is 9.84 Å². The Labute approximate surface area is 174 Å². The number of rotatable bonds is 10. The van der Waals surface area contributed by atoms with Crippen LogP contribution < -0.4 is 4.90 Å². The van der Waals surface area contributed by atoms with E-state index < -0.39 is 12.1 Å². The fraction of sp³-hybridized carbons (Fsp3) is 0.455. The smallest absolute Gasteiger partial charge is 0.345 e. The zero-order valence-corrected chi connectivity index (χ0v) is 17.4. The van der Waals surface area contributed by atoms with Crippen LogP contribution in [-0.4, -0.2) is 34.7 Å². The van der Waals surface area contributed by atoms with Crippen LogP contribution in [0.5, 0.6) is 0 Å². The number of hydrogen-bond donors (Lipinski definition) is 2. The normalized spacial score (nSPS) is 17.7. The molecule has 1 aliphatic heterocycles. The maximum atomic E-state index is 12.4. The number of aromatic carboxylic acids is 1. The molecule has 29 heavy (non-hydrogen) atoms. The van der Waals surface area contributed by atoms with Gasteiger partial charge in [0.05, 0.1) is 25.4 Å². The maximum Gasteiger partial charge on any atom is 0.345 e. The molecule has 2 heterocycles. The largest absolute Gasteiger partial charge is 0.477 e. The Morgan fingerprint density at radius 3 is 2.69 bits per heavy atom. The molecule has 7 heteroatoms. The molecular weight excluding hydrogens is 390 g/mol. The van der Waals surface area contributed by atoms with E-state index in [1.54, 1.807) is 17.0 Å². The van der Waals surface area contributed by atoms with Crippen molar-refractivity contribution in [2.75, 3.05) is 11.5 Å². The van der Waals surface area contributed by atoms with Gasteiger partial charge in [0.2, 0.25) is 5.91 Å². The van der Waals surface area contributed by atoms with Gasteiger partial charge in [-0.15, -0.1) is 11.3 Å². The highest BCUT2D eigenvalue weighted by Crippen LogP contribution is 2.29. The van der Waals surface area contributed by atoms with Gasteiger partial charge in [-0.1, -0.05) is 31.9 Å².